The number of alkyl halides is 3. The van der Waals surface area contributed by atoms with E-state index in [9.17, 15) is 18.0 Å². The molecule has 1 unspecified atom stereocenters. The Balaban J connectivity index is 1.56. The van der Waals surface area contributed by atoms with E-state index in [0.29, 0.717) is 5.56 Å². The lowest BCUT2D eigenvalue weighted by Gasteiger charge is -2.19. The summed E-state index contributed by atoms with van der Waals surface area (Å²) in [4.78, 5) is 22.1. The maximum atomic E-state index is 13.8. The van der Waals surface area contributed by atoms with E-state index < -0.39 is 17.6 Å². The van der Waals surface area contributed by atoms with Crippen LogP contribution in [0.2, 0.25) is 0 Å². The van der Waals surface area contributed by atoms with Gasteiger partial charge < -0.3 is 14.5 Å². The second-order valence-corrected chi connectivity index (χ2v) is 9.72. The van der Waals surface area contributed by atoms with Crippen LogP contribution in [0, 0.1) is 18.3 Å². The summed E-state index contributed by atoms with van der Waals surface area (Å²) < 4.78 is 44.7. The maximum absolute atomic E-state index is 13.8. The van der Waals surface area contributed by atoms with Gasteiger partial charge in [0.25, 0.3) is 5.91 Å². The normalized spacial score (nSPS) is 14.3. The first kappa shape index (κ1) is 25.4. The summed E-state index contributed by atoms with van der Waals surface area (Å²) in [5.41, 5.74) is 1.86. The first-order valence-corrected chi connectivity index (χ1v) is 12.3. The molecule has 5 rings (SSSR count). The fourth-order valence-corrected chi connectivity index (χ4v) is 4.58. The minimum absolute atomic E-state index is 0.181. The van der Waals surface area contributed by atoms with Gasteiger partial charge in [-0.25, -0.2) is 0 Å². The number of aryl methyl sites for hydroxylation is 2. The van der Waals surface area contributed by atoms with Crippen LogP contribution in [-0.2, 0) is 19.8 Å². The van der Waals surface area contributed by atoms with E-state index in [0.717, 1.165) is 30.2 Å². The molecule has 10 heteroatoms. The predicted molar refractivity (Wildman–Crippen MR) is 135 cm³/mol. The zero-order chi connectivity index (χ0) is 27.0. The van der Waals surface area contributed by atoms with Crippen LogP contribution < -0.4 is 10.9 Å². The highest BCUT2D eigenvalue weighted by Gasteiger charge is 2.36. The number of amides is 1. The number of halogens is 3. The lowest BCUT2D eigenvalue weighted by atomic mass is 9.98. The molecule has 1 aliphatic rings. The van der Waals surface area contributed by atoms with Crippen molar-refractivity contribution in [1.29, 1.82) is 5.41 Å². The summed E-state index contributed by atoms with van der Waals surface area (Å²) >= 11 is 0. The molecule has 1 saturated carbocycles. The molecule has 1 amide bonds. The molecule has 0 aliphatic heterocycles. The van der Waals surface area contributed by atoms with Crippen LogP contribution in [0.15, 0.2) is 67.3 Å². The van der Waals surface area contributed by atoms with Crippen LogP contribution >= 0.6 is 0 Å². The van der Waals surface area contributed by atoms with Gasteiger partial charge in [0.05, 0.1) is 29.5 Å². The van der Waals surface area contributed by atoms with Crippen molar-refractivity contribution >= 4 is 5.91 Å². The fraction of sp³-hybridized carbons (Fsp3) is 0.286. The van der Waals surface area contributed by atoms with Crippen LogP contribution in [0.4, 0.5) is 13.2 Å². The van der Waals surface area contributed by atoms with Gasteiger partial charge in [-0.05, 0) is 79.3 Å². The molecule has 1 fully saturated rings. The third-order valence-corrected chi connectivity index (χ3v) is 6.71. The number of rotatable bonds is 7. The molecule has 2 N–H and O–H groups in total. The SMILES string of the molecule is Cc1ccnc(C(NC(=O)c2cc(Cn3ccn(C)c3=N)cc(-c3ncccc3C(F)(F)F)c2)C2CC2)c1. The van der Waals surface area contributed by atoms with E-state index in [4.69, 9.17) is 5.41 Å². The van der Waals surface area contributed by atoms with Crippen LogP contribution in [0.5, 0.6) is 0 Å². The number of hydrogen-bond donors (Lipinski definition) is 2. The molecule has 4 aromatic rings. The predicted octanol–water partition coefficient (Wildman–Crippen LogP) is 5.02. The number of carbonyl (C=O) groups excluding carboxylic acids is 1. The van der Waals surface area contributed by atoms with Crippen molar-refractivity contribution in [3.8, 4) is 11.3 Å². The van der Waals surface area contributed by atoms with E-state index in [1.807, 2.05) is 19.1 Å². The number of hydrogen-bond acceptors (Lipinski definition) is 4. The summed E-state index contributed by atoms with van der Waals surface area (Å²) in [6.07, 6.45) is 3.76. The molecule has 196 valence electrons. The number of nitrogens with one attached hydrogen (secondary N) is 2. The van der Waals surface area contributed by atoms with E-state index in [1.54, 1.807) is 46.9 Å². The summed E-state index contributed by atoms with van der Waals surface area (Å²) in [7, 11) is 1.73. The van der Waals surface area contributed by atoms with E-state index in [1.165, 1.54) is 18.3 Å². The topological polar surface area (TPSA) is 88.6 Å². The summed E-state index contributed by atoms with van der Waals surface area (Å²) in [6, 6.07) is 10.4. The van der Waals surface area contributed by atoms with Gasteiger partial charge in [-0.15, -0.1) is 0 Å². The number of aromatic nitrogens is 4. The van der Waals surface area contributed by atoms with E-state index in [2.05, 4.69) is 15.3 Å². The average Bonchev–Trinajstić information content (AvgIpc) is 3.68. The minimum Gasteiger partial charge on any atom is -0.343 e. The molecule has 0 saturated heterocycles. The van der Waals surface area contributed by atoms with Crippen LogP contribution in [0.1, 0.15) is 51.6 Å². The molecule has 1 aromatic carbocycles. The molecule has 1 atom stereocenters. The fourth-order valence-electron chi connectivity index (χ4n) is 4.58. The first-order chi connectivity index (χ1) is 18.1. The number of nitrogens with zero attached hydrogens (tertiary/aromatic N) is 4. The van der Waals surface area contributed by atoms with Gasteiger partial charge >= 0.3 is 6.18 Å². The number of pyridine rings is 2. The quantitative estimate of drug-likeness (QED) is 0.359. The van der Waals surface area contributed by atoms with Crippen molar-refractivity contribution in [3.63, 3.8) is 0 Å². The molecular formula is C28H27F3N6O. The molecule has 1 aliphatic carbocycles. The van der Waals surface area contributed by atoms with E-state index >= 15 is 0 Å². The molecule has 7 nitrogen and oxygen atoms in total. The Labute approximate surface area is 217 Å². The molecule has 3 heterocycles. The Kier molecular flexibility index (Phi) is 6.64. The Morgan fingerprint density at radius 2 is 1.92 bits per heavy atom. The van der Waals surface area contributed by atoms with Gasteiger partial charge in [0.1, 0.15) is 0 Å². The third-order valence-electron chi connectivity index (χ3n) is 6.71. The largest absolute Gasteiger partial charge is 0.418 e. The van der Waals surface area contributed by atoms with Gasteiger partial charge in [0.15, 0.2) is 0 Å². The van der Waals surface area contributed by atoms with Gasteiger partial charge in [0, 0.05) is 43.0 Å². The van der Waals surface area contributed by atoms with Crippen molar-refractivity contribution in [1.82, 2.24) is 24.4 Å². The second-order valence-electron chi connectivity index (χ2n) is 9.72. The third kappa shape index (κ3) is 5.39. The Hall–Kier alpha value is -4.21. The maximum Gasteiger partial charge on any atom is 0.418 e. The Bertz CT molecular complexity index is 1550. The molecule has 0 bridgehead atoms. The van der Waals surface area contributed by atoms with Gasteiger partial charge in [-0.1, -0.05) is 0 Å². The van der Waals surface area contributed by atoms with Gasteiger partial charge in [0.2, 0.25) is 5.62 Å². The highest BCUT2D eigenvalue weighted by atomic mass is 19.4. The van der Waals surface area contributed by atoms with Crippen LogP contribution in [0.25, 0.3) is 11.3 Å². The van der Waals surface area contributed by atoms with Crippen LogP contribution in [0.3, 0.4) is 0 Å². The summed E-state index contributed by atoms with van der Waals surface area (Å²) in [5.74, 6) is -0.142. The first-order valence-electron chi connectivity index (χ1n) is 12.3. The zero-order valence-electron chi connectivity index (χ0n) is 21.0. The van der Waals surface area contributed by atoms with E-state index in [-0.39, 0.29) is 40.9 Å². The minimum atomic E-state index is -4.61. The zero-order valence-corrected chi connectivity index (χ0v) is 21.0. The average molecular weight is 521 g/mol. The number of carbonyl (C=O) groups is 1. The molecule has 3 aromatic heterocycles. The summed E-state index contributed by atoms with van der Waals surface area (Å²) in [5, 5.41) is 11.3. The standard InChI is InChI=1S/C28H27F3N6O/c1-17-7-9-33-23(12-17)25(19-5-6-19)35-26(38)21-14-18(16-37-11-10-36(2)27(37)32)13-20(15-21)24-22(28(29,30)31)4-3-8-34-24/h3-4,7-15,19,25,32H,5-6,16H2,1-2H3,(H,35,38). The smallest absolute Gasteiger partial charge is 0.343 e. The lowest BCUT2D eigenvalue weighted by Crippen LogP contribution is -2.30. The number of imidazole rings is 1. The Morgan fingerprint density at radius 1 is 1.13 bits per heavy atom. The highest BCUT2D eigenvalue weighted by Crippen LogP contribution is 2.41. The highest BCUT2D eigenvalue weighted by molar-refractivity contribution is 5.96. The van der Waals surface area contributed by atoms with Crippen LogP contribution in [-0.4, -0.2) is 25.0 Å². The monoisotopic (exact) mass is 520 g/mol. The van der Waals surface area contributed by atoms with Crippen molar-refractivity contribution in [2.45, 2.75) is 38.5 Å². The van der Waals surface area contributed by atoms with Crippen molar-refractivity contribution in [3.05, 3.63) is 101 Å². The summed E-state index contributed by atoms with van der Waals surface area (Å²) in [6.45, 7) is 2.16. The van der Waals surface area contributed by atoms with Gasteiger partial charge in [-0.2, -0.15) is 13.2 Å². The van der Waals surface area contributed by atoms with Crippen molar-refractivity contribution in [2.24, 2.45) is 13.0 Å². The van der Waals surface area contributed by atoms with Crippen molar-refractivity contribution in [2.75, 3.05) is 0 Å². The number of benzene rings is 1. The molecular weight excluding hydrogens is 493 g/mol. The molecule has 0 spiro atoms. The Morgan fingerprint density at radius 3 is 2.58 bits per heavy atom. The second kappa shape index (κ2) is 9.92. The molecule has 38 heavy (non-hydrogen) atoms. The lowest BCUT2D eigenvalue weighted by molar-refractivity contribution is -0.137. The van der Waals surface area contributed by atoms with Gasteiger partial charge in [-0.3, -0.25) is 20.2 Å². The molecule has 0 radical (unpaired) electrons. The van der Waals surface area contributed by atoms with Crippen molar-refractivity contribution < 1.29 is 18.0 Å².